The molecule has 0 bridgehead atoms. The molecule has 0 aliphatic heterocycles. The zero-order valence-electron chi connectivity index (χ0n) is 10.6. The molecule has 0 heterocycles. The summed E-state index contributed by atoms with van der Waals surface area (Å²) in [5.74, 6) is 1.58. The van der Waals surface area contributed by atoms with Crippen LogP contribution < -0.4 is 18.4 Å². The first-order valence-corrected chi connectivity index (χ1v) is 11.8. The van der Waals surface area contributed by atoms with Crippen molar-refractivity contribution in [3.8, 4) is 11.5 Å². The Hall–Kier alpha value is -0.861. The SMILES string of the molecule is COc1ccc([Se](Cl)(Cl)c2ccc(OC)cc2)cc1. The standard InChI is InChI=1S/C14H14Cl2O2Se/c1-17-11-3-7-13(8-4-11)19(15,16)14-9-5-12(18-2)6-10-14/h3-10H,1-2H3. The third-order valence-corrected chi connectivity index (χ3v) is 10.0. The molecule has 0 unspecified atom stereocenters. The predicted molar refractivity (Wildman–Crippen MR) is 82.7 cm³/mol. The fraction of sp³-hybridized carbons (Fsp3) is 0.143. The van der Waals surface area contributed by atoms with Crippen LogP contribution in [0.5, 0.6) is 11.5 Å². The molecular formula is C14H14Cl2O2Se. The zero-order chi connectivity index (χ0) is 13.9. The van der Waals surface area contributed by atoms with Gasteiger partial charge in [0.25, 0.3) is 0 Å². The van der Waals surface area contributed by atoms with Gasteiger partial charge in [-0.1, -0.05) is 0 Å². The van der Waals surface area contributed by atoms with E-state index in [2.05, 4.69) is 0 Å². The van der Waals surface area contributed by atoms with Gasteiger partial charge in [0, 0.05) is 0 Å². The average Bonchev–Trinajstić information content (AvgIpc) is 2.47. The van der Waals surface area contributed by atoms with Crippen molar-refractivity contribution < 1.29 is 9.47 Å². The summed E-state index contributed by atoms with van der Waals surface area (Å²) < 4.78 is 12.2. The van der Waals surface area contributed by atoms with Crippen molar-refractivity contribution in [2.45, 2.75) is 0 Å². The second-order valence-electron chi connectivity index (χ2n) is 3.82. The van der Waals surface area contributed by atoms with Crippen molar-refractivity contribution in [2.75, 3.05) is 14.2 Å². The molecule has 0 fully saturated rings. The molecule has 0 aliphatic carbocycles. The first-order chi connectivity index (χ1) is 9.07. The Morgan fingerprint density at radius 3 is 1.26 bits per heavy atom. The van der Waals surface area contributed by atoms with Crippen LogP contribution in [0.15, 0.2) is 48.5 Å². The molecule has 102 valence electrons. The van der Waals surface area contributed by atoms with Crippen molar-refractivity contribution >= 4 is 40.1 Å². The summed E-state index contributed by atoms with van der Waals surface area (Å²) in [5.41, 5.74) is 0. The average molecular weight is 364 g/mol. The molecule has 2 rings (SSSR count). The number of hydrogen-bond acceptors (Lipinski definition) is 2. The number of halogens is 2. The first-order valence-electron chi connectivity index (χ1n) is 5.58. The van der Waals surface area contributed by atoms with Crippen molar-refractivity contribution in [2.24, 2.45) is 0 Å². The van der Waals surface area contributed by atoms with E-state index in [1.54, 1.807) is 14.2 Å². The van der Waals surface area contributed by atoms with E-state index in [0.29, 0.717) is 0 Å². The quantitative estimate of drug-likeness (QED) is 0.777. The molecule has 0 atom stereocenters. The first kappa shape index (κ1) is 14.5. The van der Waals surface area contributed by atoms with Gasteiger partial charge in [0.15, 0.2) is 0 Å². The Morgan fingerprint density at radius 2 is 1.00 bits per heavy atom. The number of ether oxygens (including phenoxy) is 2. The van der Waals surface area contributed by atoms with Crippen molar-refractivity contribution in [1.82, 2.24) is 0 Å². The van der Waals surface area contributed by atoms with E-state index in [4.69, 9.17) is 29.7 Å². The van der Waals surface area contributed by atoms with Crippen LogP contribution in [-0.2, 0) is 0 Å². The normalized spacial score (nSPS) is 12.0. The molecule has 0 aromatic heterocycles. The zero-order valence-corrected chi connectivity index (χ0v) is 13.8. The van der Waals surface area contributed by atoms with Gasteiger partial charge in [0.05, 0.1) is 0 Å². The number of rotatable bonds is 4. The molecule has 0 radical (unpaired) electrons. The minimum absolute atomic E-state index is 0.791. The van der Waals surface area contributed by atoms with E-state index in [9.17, 15) is 0 Å². The summed E-state index contributed by atoms with van der Waals surface area (Å²) in [6, 6.07) is 15.2. The minimum atomic E-state index is -2.89. The van der Waals surface area contributed by atoms with Gasteiger partial charge in [-0.2, -0.15) is 0 Å². The van der Waals surface area contributed by atoms with Crippen LogP contribution in [0.2, 0.25) is 0 Å². The fourth-order valence-electron chi connectivity index (χ4n) is 1.63. The van der Waals surface area contributed by atoms with Gasteiger partial charge >= 0.3 is 124 Å². The van der Waals surface area contributed by atoms with Crippen molar-refractivity contribution in [1.29, 1.82) is 0 Å². The van der Waals surface area contributed by atoms with Crippen LogP contribution in [0.3, 0.4) is 0 Å². The summed E-state index contributed by atoms with van der Waals surface area (Å²) in [6.45, 7) is 0. The predicted octanol–water partition coefficient (Wildman–Crippen LogP) is 2.74. The maximum atomic E-state index is 6.62. The summed E-state index contributed by atoms with van der Waals surface area (Å²) in [7, 11) is 16.5. The molecule has 19 heavy (non-hydrogen) atoms. The van der Waals surface area contributed by atoms with E-state index in [1.165, 1.54) is 0 Å². The second kappa shape index (κ2) is 6.06. The molecule has 0 amide bonds. The van der Waals surface area contributed by atoms with Crippen LogP contribution >= 0.6 is 20.2 Å². The van der Waals surface area contributed by atoms with E-state index in [1.807, 2.05) is 48.5 Å². The van der Waals surface area contributed by atoms with Crippen molar-refractivity contribution in [3.05, 3.63) is 48.5 Å². The molecule has 0 saturated carbocycles. The summed E-state index contributed by atoms with van der Waals surface area (Å²) in [6.07, 6.45) is 0. The monoisotopic (exact) mass is 364 g/mol. The molecule has 0 aliphatic rings. The third kappa shape index (κ3) is 3.18. The Bertz CT molecular complexity index is 489. The summed E-state index contributed by atoms with van der Waals surface area (Å²) in [5, 5.41) is 0. The van der Waals surface area contributed by atoms with Crippen LogP contribution in [-0.4, -0.2) is 25.2 Å². The molecule has 0 N–H and O–H groups in total. The van der Waals surface area contributed by atoms with Gasteiger partial charge in [0.1, 0.15) is 0 Å². The number of benzene rings is 2. The Labute approximate surface area is 123 Å². The Morgan fingerprint density at radius 1 is 0.684 bits per heavy atom. The maximum absolute atomic E-state index is 6.62. The molecule has 0 saturated heterocycles. The Balaban J connectivity index is 2.33. The topological polar surface area (TPSA) is 18.5 Å². The van der Waals surface area contributed by atoms with Crippen LogP contribution in [0.25, 0.3) is 0 Å². The second-order valence-corrected chi connectivity index (χ2v) is 13.4. The van der Waals surface area contributed by atoms with Crippen LogP contribution in [0, 0.1) is 0 Å². The van der Waals surface area contributed by atoms with E-state index in [0.717, 1.165) is 20.4 Å². The van der Waals surface area contributed by atoms with Gasteiger partial charge in [-0.15, -0.1) is 0 Å². The molecule has 2 nitrogen and oxygen atoms in total. The van der Waals surface area contributed by atoms with Gasteiger partial charge in [-0.25, -0.2) is 0 Å². The van der Waals surface area contributed by atoms with E-state index in [-0.39, 0.29) is 0 Å². The summed E-state index contributed by atoms with van der Waals surface area (Å²) >= 11 is -2.89. The van der Waals surface area contributed by atoms with Crippen molar-refractivity contribution in [3.63, 3.8) is 0 Å². The fourth-order valence-corrected chi connectivity index (χ4v) is 6.34. The molecule has 2 aromatic carbocycles. The summed E-state index contributed by atoms with van der Waals surface area (Å²) in [4.78, 5) is 0. The molecule has 5 heteroatoms. The van der Waals surface area contributed by atoms with E-state index >= 15 is 0 Å². The molecule has 2 aromatic rings. The number of hydrogen-bond donors (Lipinski definition) is 0. The van der Waals surface area contributed by atoms with Gasteiger partial charge in [-0.05, 0) is 0 Å². The van der Waals surface area contributed by atoms with Gasteiger partial charge < -0.3 is 0 Å². The third-order valence-electron chi connectivity index (χ3n) is 2.71. The van der Waals surface area contributed by atoms with Gasteiger partial charge in [-0.3, -0.25) is 0 Å². The van der Waals surface area contributed by atoms with Gasteiger partial charge in [0.2, 0.25) is 0 Å². The Kier molecular flexibility index (Phi) is 4.64. The molecule has 0 spiro atoms. The molecular weight excluding hydrogens is 350 g/mol. The number of methoxy groups -OCH3 is 2. The van der Waals surface area contributed by atoms with E-state index < -0.39 is 11.0 Å². The van der Waals surface area contributed by atoms with Crippen LogP contribution in [0.4, 0.5) is 0 Å². The van der Waals surface area contributed by atoms with Crippen LogP contribution in [0.1, 0.15) is 0 Å².